The first kappa shape index (κ1) is 13.8. The number of rotatable bonds is 2. The van der Waals surface area contributed by atoms with Gasteiger partial charge in [0, 0.05) is 13.1 Å². The maximum atomic E-state index is 12.4. The molecular formula is C12H16ClNO3S. The molecule has 1 aliphatic rings. The van der Waals surface area contributed by atoms with Crippen molar-refractivity contribution in [2.75, 3.05) is 13.1 Å². The third kappa shape index (κ3) is 2.69. The molecule has 1 aromatic rings. The summed E-state index contributed by atoms with van der Waals surface area (Å²) in [4.78, 5) is 0.145. The van der Waals surface area contributed by atoms with Crippen LogP contribution >= 0.6 is 11.6 Å². The average molecular weight is 290 g/mol. The first-order chi connectivity index (χ1) is 8.41. The van der Waals surface area contributed by atoms with Crippen LogP contribution in [0.25, 0.3) is 0 Å². The Kier molecular flexibility index (Phi) is 3.96. The van der Waals surface area contributed by atoms with E-state index in [1.807, 2.05) is 6.92 Å². The standard InChI is InChI=1S/C12H16ClNO3S/c1-9-2-3-12(11(13)8-9)18(16,17)14-6-4-10(15)5-7-14/h2-3,8,10,15H,4-7H2,1H3. The second-order valence-electron chi connectivity index (χ2n) is 4.57. The summed E-state index contributed by atoms with van der Waals surface area (Å²) in [5.41, 5.74) is 0.924. The van der Waals surface area contributed by atoms with Crippen LogP contribution in [0.5, 0.6) is 0 Å². The molecular weight excluding hydrogens is 274 g/mol. The number of aryl methyl sites for hydroxylation is 1. The van der Waals surface area contributed by atoms with E-state index in [0.29, 0.717) is 25.9 Å². The molecule has 100 valence electrons. The van der Waals surface area contributed by atoms with E-state index in [2.05, 4.69) is 0 Å². The number of hydrogen-bond donors (Lipinski definition) is 1. The van der Waals surface area contributed by atoms with Crippen LogP contribution in [0.15, 0.2) is 23.1 Å². The van der Waals surface area contributed by atoms with E-state index >= 15 is 0 Å². The summed E-state index contributed by atoms with van der Waals surface area (Å²) in [6.07, 6.45) is 0.552. The third-order valence-electron chi connectivity index (χ3n) is 3.13. The number of sulfonamides is 1. The molecule has 0 radical (unpaired) electrons. The Morgan fingerprint density at radius 3 is 2.50 bits per heavy atom. The van der Waals surface area contributed by atoms with E-state index in [1.165, 1.54) is 10.4 Å². The van der Waals surface area contributed by atoms with Crippen molar-refractivity contribution < 1.29 is 13.5 Å². The van der Waals surface area contributed by atoms with Crippen LogP contribution in [-0.4, -0.2) is 37.0 Å². The molecule has 0 unspecified atom stereocenters. The Balaban J connectivity index is 2.30. The van der Waals surface area contributed by atoms with Gasteiger partial charge in [-0.3, -0.25) is 0 Å². The Bertz CT molecular complexity index is 536. The summed E-state index contributed by atoms with van der Waals surface area (Å²) in [6.45, 7) is 2.54. The highest BCUT2D eigenvalue weighted by Gasteiger charge is 2.30. The van der Waals surface area contributed by atoms with Crippen LogP contribution in [-0.2, 0) is 10.0 Å². The van der Waals surface area contributed by atoms with E-state index < -0.39 is 16.1 Å². The molecule has 1 aromatic carbocycles. The van der Waals surface area contributed by atoms with Crippen LogP contribution in [0.2, 0.25) is 5.02 Å². The van der Waals surface area contributed by atoms with Crippen molar-refractivity contribution in [3.05, 3.63) is 28.8 Å². The molecule has 0 bridgehead atoms. The number of aliphatic hydroxyl groups is 1. The minimum absolute atomic E-state index is 0.145. The van der Waals surface area contributed by atoms with Gasteiger partial charge in [-0.1, -0.05) is 17.7 Å². The Morgan fingerprint density at radius 1 is 1.33 bits per heavy atom. The van der Waals surface area contributed by atoms with Gasteiger partial charge in [0.2, 0.25) is 10.0 Å². The molecule has 0 aliphatic carbocycles. The predicted octanol–water partition coefficient (Wildman–Crippen LogP) is 1.79. The third-order valence-corrected chi connectivity index (χ3v) is 5.51. The Labute approximate surface area is 112 Å². The molecule has 0 amide bonds. The predicted molar refractivity (Wildman–Crippen MR) is 70.2 cm³/mol. The zero-order valence-corrected chi connectivity index (χ0v) is 11.7. The van der Waals surface area contributed by atoms with Gasteiger partial charge in [-0.15, -0.1) is 0 Å². The van der Waals surface area contributed by atoms with E-state index in [1.54, 1.807) is 12.1 Å². The summed E-state index contributed by atoms with van der Waals surface area (Å²) in [5, 5.41) is 9.66. The maximum absolute atomic E-state index is 12.4. The molecule has 4 nitrogen and oxygen atoms in total. The van der Waals surface area contributed by atoms with E-state index in [0.717, 1.165) is 5.56 Å². The molecule has 2 rings (SSSR count). The molecule has 1 saturated heterocycles. The summed E-state index contributed by atoms with van der Waals surface area (Å²) in [5.74, 6) is 0. The van der Waals surface area contributed by atoms with Gasteiger partial charge in [-0.05, 0) is 37.5 Å². The van der Waals surface area contributed by atoms with E-state index in [4.69, 9.17) is 11.6 Å². The second kappa shape index (κ2) is 5.17. The first-order valence-electron chi connectivity index (χ1n) is 5.85. The summed E-state index contributed by atoms with van der Waals surface area (Å²) < 4.78 is 26.2. The van der Waals surface area contributed by atoms with Crippen molar-refractivity contribution in [2.24, 2.45) is 0 Å². The SMILES string of the molecule is Cc1ccc(S(=O)(=O)N2CCC(O)CC2)c(Cl)c1. The van der Waals surface area contributed by atoms with Crippen LogP contribution in [0.1, 0.15) is 18.4 Å². The number of aliphatic hydroxyl groups excluding tert-OH is 1. The van der Waals surface area contributed by atoms with Crippen LogP contribution in [0, 0.1) is 6.92 Å². The smallest absolute Gasteiger partial charge is 0.244 e. The molecule has 1 fully saturated rings. The van der Waals surface area contributed by atoms with Gasteiger partial charge in [0.1, 0.15) is 4.90 Å². The number of hydrogen-bond acceptors (Lipinski definition) is 3. The number of nitrogens with zero attached hydrogens (tertiary/aromatic N) is 1. The number of halogens is 1. The zero-order chi connectivity index (χ0) is 13.3. The second-order valence-corrected chi connectivity index (χ2v) is 6.88. The van der Waals surface area contributed by atoms with Gasteiger partial charge >= 0.3 is 0 Å². The molecule has 0 aromatic heterocycles. The topological polar surface area (TPSA) is 57.6 Å². The minimum Gasteiger partial charge on any atom is -0.393 e. The minimum atomic E-state index is -3.54. The maximum Gasteiger partial charge on any atom is 0.244 e. The molecule has 18 heavy (non-hydrogen) atoms. The summed E-state index contributed by atoms with van der Waals surface area (Å²) in [7, 11) is -3.54. The highest BCUT2D eigenvalue weighted by Crippen LogP contribution is 2.27. The van der Waals surface area contributed by atoms with Gasteiger partial charge in [-0.25, -0.2) is 8.42 Å². The highest BCUT2D eigenvalue weighted by molar-refractivity contribution is 7.89. The van der Waals surface area contributed by atoms with E-state index in [-0.39, 0.29) is 9.92 Å². The van der Waals surface area contributed by atoms with E-state index in [9.17, 15) is 13.5 Å². The van der Waals surface area contributed by atoms with Crippen molar-refractivity contribution in [1.82, 2.24) is 4.31 Å². The fourth-order valence-electron chi connectivity index (χ4n) is 2.04. The highest BCUT2D eigenvalue weighted by atomic mass is 35.5. The molecule has 0 saturated carbocycles. The number of piperidine rings is 1. The zero-order valence-electron chi connectivity index (χ0n) is 10.1. The van der Waals surface area contributed by atoms with Crippen molar-refractivity contribution in [1.29, 1.82) is 0 Å². The lowest BCUT2D eigenvalue weighted by atomic mass is 10.1. The first-order valence-corrected chi connectivity index (χ1v) is 7.67. The van der Waals surface area contributed by atoms with Crippen LogP contribution < -0.4 is 0 Å². The van der Waals surface area contributed by atoms with Gasteiger partial charge in [-0.2, -0.15) is 4.31 Å². The van der Waals surface area contributed by atoms with Crippen molar-refractivity contribution in [3.63, 3.8) is 0 Å². The molecule has 1 N–H and O–H groups in total. The van der Waals surface area contributed by atoms with Crippen LogP contribution in [0.4, 0.5) is 0 Å². The lowest BCUT2D eigenvalue weighted by Crippen LogP contribution is -2.40. The molecule has 1 heterocycles. The normalized spacial score (nSPS) is 19.1. The molecule has 0 atom stereocenters. The fraction of sp³-hybridized carbons (Fsp3) is 0.500. The van der Waals surface area contributed by atoms with Crippen LogP contribution in [0.3, 0.4) is 0 Å². The lowest BCUT2D eigenvalue weighted by Gasteiger charge is -2.29. The Morgan fingerprint density at radius 2 is 1.94 bits per heavy atom. The summed E-state index contributed by atoms with van der Waals surface area (Å²) in [6, 6.07) is 4.92. The van der Waals surface area contributed by atoms with Crippen molar-refractivity contribution in [3.8, 4) is 0 Å². The molecule has 0 spiro atoms. The Hall–Kier alpha value is -0.620. The molecule has 6 heteroatoms. The van der Waals surface area contributed by atoms with Crippen molar-refractivity contribution in [2.45, 2.75) is 30.8 Å². The fourth-order valence-corrected chi connectivity index (χ4v) is 4.08. The van der Waals surface area contributed by atoms with Gasteiger partial charge in [0.25, 0.3) is 0 Å². The number of benzene rings is 1. The van der Waals surface area contributed by atoms with Gasteiger partial charge in [0.05, 0.1) is 11.1 Å². The lowest BCUT2D eigenvalue weighted by molar-refractivity contribution is 0.113. The van der Waals surface area contributed by atoms with Gasteiger partial charge in [0.15, 0.2) is 0 Å². The monoisotopic (exact) mass is 289 g/mol. The molecule has 1 aliphatic heterocycles. The summed E-state index contributed by atoms with van der Waals surface area (Å²) >= 11 is 6.01. The average Bonchev–Trinajstić information content (AvgIpc) is 2.29. The van der Waals surface area contributed by atoms with Crippen molar-refractivity contribution >= 4 is 21.6 Å². The van der Waals surface area contributed by atoms with Gasteiger partial charge < -0.3 is 5.11 Å². The largest absolute Gasteiger partial charge is 0.393 e. The quantitative estimate of drug-likeness (QED) is 0.903.